The van der Waals surface area contributed by atoms with Crippen molar-refractivity contribution in [1.29, 1.82) is 0 Å². The number of hydrogen-bond donors (Lipinski definition) is 0. The van der Waals surface area contributed by atoms with Crippen LogP contribution in [0.1, 0.15) is 17.1 Å². The van der Waals surface area contributed by atoms with Gasteiger partial charge in [-0.25, -0.2) is 29.0 Å². The van der Waals surface area contributed by atoms with Crippen molar-refractivity contribution in [1.82, 2.24) is 34.1 Å². The predicted octanol–water partition coefficient (Wildman–Crippen LogP) is 3.91. The summed E-state index contributed by atoms with van der Waals surface area (Å²) in [4.78, 5) is 17.9. The van der Waals surface area contributed by atoms with Crippen molar-refractivity contribution in [2.75, 3.05) is 0 Å². The number of imidazole rings is 1. The number of thioether (sulfide) groups is 1. The first kappa shape index (κ1) is 17.7. The van der Waals surface area contributed by atoms with Gasteiger partial charge in [-0.15, -0.1) is 0 Å². The molecule has 5 aromatic rings. The molecule has 0 fully saturated rings. The van der Waals surface area contributed by atoms with Crippen LogP contribution in [0.3, 0.4) is 0 Å². The lowest BCUT2D eigenvalue weighted by Crippen LogP contribution is -1.98. The number of benzene rings is 1. The smallest absolute Gasteiger partial charge is 0.234 e. The molecule has 0 spiro atoms. The summed E-state index contributed by atoms with van der Waals surface area (Å²) in [6.45, 7) is 4.00. The zero-order valence-corrected chi connectivity index (χ0v) is 16.6. The van der Waals surface area contributed by atoms with Crippen LogP contribution in [0.15, 0.2) is 54.1 Å². The first-order chi connectivity index (χ1) is 14.1. The average molecular weight is 405 g/mol. The summed E-state index contributed by atoms with van der Waals surface area (Å²) in [5, 5.41) is 6.08. The van der Waals surface area contributed by atoms with E-state index in [1.807, 2.05) is 30.5 Å². The fourth-order valence-electron chi connectivity index (χ4n) is 3.24. The zero-order chi connectivity index (χ0) is 20.0. The molecule has 0 bridgehead atoms. The number of rotatable bonds is 4. The largest absolute Gasteiger partial charge is 0.288 e. The quantitative estimate of drug-likeness (QED) is 0.333. The van der Waals surface area contributed by atoms with Gasteiger partial charge in [0.05, 0.1) is 23.0 Å². The van der Waals surface area contributed by atoms with E-state index in [9.17, 15) is 4.39 Å². The van der Waals surface area contributed by atoms with Gasteiger partial charge in [-0.05, 0) is 44.2 Å². The molecule has 144 valence electrons. The SMILES string of the molecule is Cc1cc(C)n2cc(CSc3ncnc4c3cnn4-c3ccc(F)cc3)nc2n1. The molecule has 0 aliphatic carbocycles. The molecule has 0 radical (unpaired) electrons. The van der Waals surface area contributed by atoms with Crippen LogP contribution in [-0.2, 0) is 5.75 Å². The first-order valence-corrected chi connectivity index (χ1v) is 9.97. The Morgan fingerprint density at radius 3 is 2.72 bits per heavy atom. The van der Waals surface area contributed by atoms with Crippen LogP contribution in [0.25, 0.3) is 22.5 Å². The van der Waals surface area contributed by atoms with E-state index in [2.05, 4.69) is 25.0 Å². The second-order valence-electron chi connectivity index (χ2n) is 6.68. The van der Waals surface area contributed by atoms with Crippen LogP contribution in [0.5, 0.6) is 0 Å². The van der Waals surface area contributed by atoms with E-state index in [4.69, 9.17) is 0 Å². The van der Waals surface area contributed by atoms with Crippen LogP contribution >= 0.6 is 11.8 Å². The number of nitrogens with zero attached hydrogens (tertiary/aromatic N) is 7. The van der Waals surface area contributed by atoms with Gasteiger partial charge >= 0.3 is 0 Å². The Balaban J connectivity index is 1.45. The van der Waals surface area contributed by atoms with E-state index in [-0.39, 0.29) is 5.82 Å². The Morgan fingerprint density at radius 2 is 1.90 bits per heavy atom. The maximum atomic E-state index is 13.2. The number of fused-ring (bicyclic) bond motifs is 2. The third-order valence-corrected chi connectivity index (χ3v) is 5.61. The minimum Gasteiger partial charge on any atom is -0.288 e. The third kappa shape index (κ3) is 3.23. The topological polar surface area (TPSA) is 73.8 Å². The van der Waals surface area contributed by atoms with Crippen molar-refractivity contribution in [3.63, 3.8) is 0 Å². The van der Waals surface area contributed by atoms with Crippen LogP contribution < -0.4 is 0 Å². The highest BCUT2D eigenvalue weighted by Crippen LogP contribution is 2.28. The molecule has 0 N–H and O–H groups in total. The number of aromatic nitrogens is 7. The number of halogens is 1. The van der Waals surface area contributed by atoms with Gasteiger partial charge in [0.1, 0.15) is 17.2 Å². The molecule has 0 aliphatic rings. The Hall–Kier alpha value is -3.33. The number of aryl methyl sites for hydroxylation is 2. The lowest BCUT2D eigenvalue weighted by Gasteiger charge is -2.03. The highest BCUT2D eigenvalue weighted by atomic mass is 32.2. The normalized spacial score (nSPS) is 11.6. The molecule has 4 heterocycles. The summed E-state index contributed by atoms with van der Waals surface area (Å²) in [6, 6.07) is 8.18. The van der Waals surface area contributed by atoms with Crippen molar-refractivity contribution >= 4 is 28.6 Å². The maximum absolute atomic E-state index is 13.2. The zero-order valence-electron chi connectivity index (χ0n) is 15.7. The van der Waals surface area contributed by atoms with Crippen molar-refractivity contribution in [3.8, 4) is 5.69 Å². The van der Waals surface area contributed by atoms with Crippen molar-refractivity contribution in [2.45, 2.75) is 24.6 Å². The van der Waals surface area contributed by atoms with Gasteiger partial charge in [-0.1, -0.05) is 11.8 Å². The second-order valence-corrected chi connectivity index (χ2v) is 7.64. The molecular weight excluding hydrogens is 389 g/mol. The molecule has 0 amide bonds. The summed E-state index contributed by atoms with van der Waals surface area (Å²) >= 11 is 1.57. The van der Waals surface area contributed by atoms with Crippen LogP contribution in [0.2, 0.25) is 0 Å². The van der Waals surface area contributed by atoms with E-state index in [1.54, 1.807) is 34.8 Å². The van der Waals surface area contributed by atoms with Gasteiger partial charge in [-0.2, -0.15) is 5.10 Å². The molecular formula is C20H16FN7S. The lowest BCUT2D eigenvalue weighted by molar-refractivity contribution is 0.627. The van der Waals surface area contributed by atoms with Gasteiger partial charge in [0.2, 0.25) is 5.78 Å². The van der Waals surface area contributed by atoms with Crippen molar-refractivity contribution < 1.29 is 4.39 Å². The molecule has 4 aromatic heterocycles. The van der Waals surface area contributed by atoms with Crippen LogP contribution in [-0.4, -0.2) is 34.1 Å². The summed E-state index contributed by atoms with van der Waals surface area (Å²) < 4.78 is 16.9. The van der Waals surface area contributed by atoms with Crippen molar-refractivity contribution in [3.05, 3.63) is 72.0 Å². The minimum atomic E-state index is -0.288. The van der Waals surface area contributed by atoms with Gasteiger partial charge in [0.25, 0.3) is 0 Å². The Bertz CT molecular complexity index is 1340. The maximum Gasteiger partial charge on any atom is 0.234 e. The predicted molar refractivity (Wildman–Crippen MR) is 109 cm³/mol. The Kier molecular flexibility index (Phi) is 4.24. The lowest BCUT2D eigenvalue weighted by atomic mass is 10.3. The van der Waals surface area contributed by atoms with Crippen LogP contribution in [0, 0.1) is 19.7 Å². The molecule has 0 saturated carbocycles. The molecule has 5 rings (SSSR count). The average Bonchev–Trinajstić information content (AvgIpc) is 3.31. The summed E-state index contributed by atoms with van der Waals surface area (Å²) in [7, 11) is 0. The van der Waals surface area contributed by atoms with Gasteiger partial charge in [0, 0.05) is 23.3 Å². The molecule has 0 saturated heterocycles. The van der Waals surface area contributed by atoms with E-state index in [0.29, 0.717) is 17.2 Å². The van der Waals surface area contributed by atoms with Crippen molar-refractivity contribution in [2.24, 2.45) is 0 Å². The molecule has 1 aromatic carbocycles. The van der Waals surface area contributed by atoms with E-state index in [0.717, 1.165) is 33.2 Å². The summed E-state index contributed by atoms with van der Waals surface area (Å²) in [5.74, 6) is 1.06. The highest BCUT2D eigenvalue weighted by Gasteiger charge is 2.13. The van der Waals surface area contributed by atoms with Crippen LogP contribution in [0.4, 0.5) is 4.39 Å². The summed E-state index contributed by atoms with van der Waals surface area (Å²) in [6.07, 6.45) is 5.26. The molecule has 0 unspecified atom stereocenters. The first-order valence-electron chi connectivity index (χ1n) is 8.98. The Labute approximate surface area is 169 Å². The fourth-order valence-corrected chi connectivity index (χ4v) is 4.08. The Morgan fingerprint density at radius 1 is 1.07 bits per heavy atom. The minimum absolute atomic E-state index is 0.288. The molecule has 29 heavy (non-hydrogen) atoms. The second kappa shape index (κ2) is 6.93. The van der Waals surface area contributed by atoms with E-state index in [1.165, 1.54) is 18.5 Å². The molecule has 7 nitrogen and oxygen atoms in total. The summed E-state index contributed by atoms with van der Waals surface area (Å²) in [5.41, 5.74) is 4.39. The van der Waals surface area contributed by atoms with Gasteiger partial charge in [0.15, 0.2) is 5.65 Å². The molecule has 0 aliphatic heterocycles. The van der Waals surface area contributed by atoms with E-state index < -0.39 is 0 Å². The molecule has 9 heteroatoms. The monoisotopic (exact) mass is 405 g/mol. The van der Waals surface area contributed by atoms with Gasteiger partial charge < -0.3 is 0 Å². The fraction of sp³-hybridized carbons (Fsp3) is 0.150. The van der Waals surface area contributed by atoms with E-state index >= 15 is 0 Å². The standard InChI is InChI=1S/C20H16FN7S/c1-12-7-13(2)27-9-15(26-20(27)25-12)10-29-19-17-8-24-28(18(17)22-11-23-19)16-5-3-14(21)4-6-16/h3-9,11H,10H2,1-2H3. The third-order valence-electron chi connectivity index (χ3n) is 4.57. The number of hydrogen-bond acceptors (Lipinski definition) is 6. The van der Waals surface area contributed by atoms with Gasteiger partial charge in [-0.3, -0.25) is 4.40 Å². The highest BCUT2D eigenvalue weighted by molar-refractivity contribution is 7.98. The molecule has 0 atom stereocenters.